The molecule has 4 nitrogen and oxygen atoms in total. The Labute approximate surface area is 106 Å². The molecule has 0 spiro atoms. The number of benzene rings is 1. The second-order valence-corrected chi connectivity index (χ2v) is 3.66. The topological polar surface area (TPSA) is 60.9 Å². The van der Waals surface area contributed by atoms with Crippen molar-refractivity contribution in [3.8, 4) is 0 Å². The fourth-order valence-electron chi connectivity index (χ4n) is 1.56. The average Bonchev–Trinajstić information content (AvgIpc) is 2.82. The molecular formula is C12H16ClN3O. The van der Waals surface area contributed by atoms with E-state index in [1.54, 1.807) is 6.20 Å². The van der Waals surface area contributed by atoms with Crippen LogP contribution < -0.4 is 5.32 Å². The van der Waals surface area contributed by atoms with Crippen LogP contribution >= 0.6 is 12.4 Å². The third-order valence-electron chi connectivity index (χ3n) is 2.38. The van der Waals surface area contributed by atoms with E-state index in [0.29, 0.717) is 0 Å². The summed E-state index contributed by atoms with van der Waals surface area (Å²) in [6, 6.07) is 9.85. The van der Waals surface area contributed by atoms with Gasteiger partial charge in [-0.3, -0.25) is 5.10 Å². The van der Waals surface area contributed by atoms with Crippen molar-refractivity contribution >= 4 is 12.4 Å². The third-order valence-corrected chi connectivity index (χ3v) is 2.38. The number of aliphatic hydroxyl groups excluding tert-OH is 1. The molecule has 0 saturated heterocycles. The Hall–Kier alpha value is -1.36. The highest BCUT2D eigenvalue weighted by Crippen LogP contribution is 2.05. The summed E-state index contributed by atoms with van der Waals surface area (Å²) in [5.41, 5.74) is 3.19. The van der Waals surface area contributed by atoms with E-state index in [1.165, 1.54) is 5.56 Å². The minimum atomic E-state index is 0. The number of hydrogen-bond donors (Lipinski definition) is 3. The van der Waals surface area contributed by atoms with Gasteiger partial charge < -0.3 is 10.4 Å². The first-order valence-corrected chi connectivity index (χ1v) is 5.26. The lowest BCUT2D eigenvalue weighted by molar-refractivity contribution is 0.281. The summed E-state index contributed by atoms with van der Waals surface area (Å²) in [6.45, 7) is 1.64. The first-order valence-electron chi connectivity index (χ1n) is 5.26. The van der Waals surface area contributed by atoms with E-state index in [9.17, 15) is 0 Å². The molecule has 1 aromatic carbocycles. The van der Waals surface area contributed by atoms with E-state index in [-0.39, 0.29) is 19.0 Å². The van der Waals surface area contributed by atoms with Crippen molar-refractivity contribution in [3.05, 3.63) is 53.3 Å². The lowest BCUT2D eigenvalue weighted by Gasteiger charge is -2.04. The van der Waals surface area contributed by atoms with Gasteiger partial charge in [0.25, 0.3) is 0 Å². The molecular weight excluding hydrogens is 238 g/mol. The number of nitrogens with zero attached hydrogens (tertiary/aromatic N) is 1. The number of rotatable bonds is 5. The van der Waals surface area contributed by atoms with Crippen LogP contribution in [0.15, 0.2) is 36.5 Å². The molecule has 3 N–H and O–H groups in total. The van der Waals surface area contributed by atoms with E-state index < -0.39 is 0 Å². The predicted molar refractivity (Wildman–Crippen MR) is 68.7 cm³/mol. The van der Waals surface area contributed by atoms with E-state index in [1.807, 2.05) is 30.3 Å². The first-order chi connectivity index (χ1) is 7.88. The van der Waals surface area contributed by atoms with Crippen LogP contribution in [0.3, 0.4) is 0 Å². The lowest BCUT2D eigenvalue weighted by Crippen LogP contribution is -2.13. The minimum absolute atomic E-state index is 0. The average molecular weight is 254 g/mol. The number of hydrogen-bond acceptors (Lipinski definition) is 3. The smallest absolute Gasteiger partial charge is 0.0681 e. The molecule has 0 saturated carbocycles. The summed E-state index contributed by atoms with van der Waals surface area (Å²) in [5.74, 6) is 0. The standard InChI is InChI=1S/C12H15N3O.ClH/c16-9-11-3-1-2-10(6-11)7-13-8-12-4-5-14-15-12;/h1-6,13,16H,7-9H2,(H,14,15);1H. The van der Waals surface area contributed by atoms with Crippen molar-refractivity contribution in [3.63, 3.8) is 0 Å². The molecule has 0 amide bonds. The van der Waals surface area contributed by atoms with Gasteiger partial charge in [0.2, 0.25) is 0 Å². The number of nitrogens with one attached hydrogen (secondary N) is 2. The van der Waals surface area contributed by atoms with Crippen LogP contribution in [0.5, 0.6) is 0 Å². The molecule has 1 aromatic heterocycles. The Kier molecular flexibility index (Phi) is 5.69. The Bertz CT molecular complexity index is 431. The second kappa shape index (κ2) is 7.06. The van der Waals surface area contributed by atoms with Crippen molar-refractivity contribution in [1.82, 2.24) is 15.5 Å². The summed E-state index contributed by atoms with van der Waals surface area (Å²) < 4.78 is 0. The molecule has 0 radical (unpaired) electrons. The third kappa shape index (κ3) is 4.19. The number of H-pyrrole nitrogens is 1. The molecule has 0 aliphatic carbocycles. The predicted octanol–water partition coefficient (Wildman–Crippen LogP) is 1.61. The zero-order chi connectivity index (χ0) is 11.2. The molecule has 0 bridgehead atoms. The Balaban J connectivity index is 0.00000144. The Morgan fingerprint density at radius 3 is 2.71 bits per heavy atom. The second-order valence-electron chi connectivity index (χ2n) is 3.66. The van der Waals surface area contributed by atoms with Gasteiger partial charge in [-0.1, -0.05) is 24.3 Å². The maximum Gasteiger partial charge on any atom is 0.0681 e. The number of aromatic nitrogens is 2. The van der Waals surface area contributed by atoms with Crippen LogP contribution in [-0.2, 0) is 19.7 Å². The van der Waals surface area contributed by atoms with Gasteiger partial charge in [0.15, 0.2) is 0 Å². The largest absolute Gasteiger partial charge is 0.392 e. The molecule has 0 fully saturated rings. The van der Waals surface area contributed by atoms with E-state index in [0.717, 1.165) is 24.3 Å². The molecule has 2 aromatic rings. The highest BCUT2D eigenvalue weighted by atomic mass is 35.5. The fourth-order valence-corrected chi connectivity index (χ4v) is 1.56. The Morgan fingerprint density at radius 1 is 1.18 bits per heavy atom. The highest BCUT2D eigenvalue weighted by molar-refractivity contribution is 5.85. The molecule has 0 atom stereocenters. The monoisotopic (exact) mass is 253 g/mol. The van der Waals surface area contributed by atoms with Crippen molar-refractivity contribution in [2.24, 2.45) is 0 Å². The summed E-state index contributed by atoms with van der Waals surface area (Å²) in [6.07, 6.45) is 1.74. The highest BCUT2D eigenvalue weighted by Gasteiger charge is 1.96. The minimum Gasteiger partial charge on any atom is -0.392 e. The van der Waals surface area contributed by atoms with Gasteiger partial charge in [0, 0.05) is 25.0 Å². The molecule has 2 rings (SSSR count). The number of aliphatic hydroxyl groups is 1. The molecule has 0 aliphatic rings. The molecule has 1 heterocycles. The quantitative estimate of drug-likeness (QED) is 0.759. The van der Waals surface area contributed by atoms with E-state index in [4.69, 9.17) is 5.11 Å². The van der Waals surface area contributed by atoms with Gasteiger partial charge in [0.1, 0.15) is 0 Å². The van der Waals surface area contributed by atoms with Gasteiger partial charge in [-0.15, -0.1) is 12.4 Å². The number of halogens is 1. The van der Waals surface area contributed by atoms with Crippen LogP contribution in [0.2, 0.25) is 0 Å². The maximum atomic E-state index is 9.00. The van der Waals surface area contributed by atoms with Gasteiger partial charge in [-0.2, -0.15) is 5.10 Å². The van der Waals surface area contributed by atoms with Crippen molar-refractivity contribution < 1.29 is 5.11 Å². The van der Waals surface area contributed by atoms with Gasteiger partial charge in [0.05, 0.1) is 6.61 Å². The Morgan fingerprint density at radius 2 is 2.00 bits per heavy atom. The zero-order valence-corrected chi connectivity index (χ0v) is 10.2. The van der Waals surface area contributed by atoms with Crippen molar-refractivity contribution in [1.29, 1.82) is 0 Å². The molecule has 5 heteroatoms. The van der Waals surface area contributed by atoms with Gasteiger partial charge in [-0.25, -0.2) is 0 Å². The maximum absolute atomic E-state index is 9.00. The molecule has 17 heavy (non-hydrogen) atoms. The van der Waals surface area contributed by atoms with Crippen molar-refractivity contribution in [2.75, 3.05) is 0 Å². The zero-order valence-electron chi connectivity index (χ0n) is 9.39. The van der Waals surface area contributed by atoms with Gasteiger partial charge in [-0.05, 0) is 17.2 Å². The summed E-state index contributed by atoms with van der Waals surface area (Å²) in [4.78, 5) is 0. The van der Waals surface area contributed by atoms with Crippen LogP contribution in [0.1, 0.15) is 16.8 Å². The summed E-state index contributed by atoms with van der Waals surface area (Å²) >= 11 is 0. The summed E-state index contributed by atoms with van der Waals surface area (Å²) in [5, 5.41) is 19.1. The SMILES string of the molecule is Cl.OCc1cccc(CNCc2ccn[nH]2)c1. The van der Waals surface area contributed by atoms with E-state index >= 15 is 0 Å². The van der Waals surface area contributed by atoms with E-state index in [2.05, 4.69) is 15.5 Å². The fraction of sp³-hybridized carbons (Fsp3) is 0.250. The molecule has 0 unspecified atom stereocenters. The molecule has 0 aliphatic heterocycles. The van der Waals surface area contributed by atoms with Crippen molar-refractivity contribution in [2.45, 2.75) is 19.7 Å². The normalized spacial score (nSPS) is 9.94. The van der Waals surface area contributed by atoms with Crippen LogP contribution in [0.25, 0.3) is 0 Å². The van der Waals surface area contributed by atoms with Crippen LogP contribution in [0, 0.1) is 0 Å². The van der Waals surface area contributed by atoms with Gasteiger partial charge >= 0.3 is 0 Å². The number of aromatic amines is 1. The lowest BCUT2D eigenvalue weighted by atomic mass is 10.1. The van der Waals surface area contributed by atoms with Crippen LogP contribution in [-0.4, -0.2) is 15.3 Å². The summed E-state index contributed by atoms with van der Waals surface area (Å²) in [7, 11) is 0. The van der Waals surface area contributed by atoms with Crippen LogP contribution in [0.4, 0.5) is 0 Å². The first kappa shape index (κ1) is 13.7. The molecule has 92 valence electrons.